The Bertz CT molecular complexity index is 1100. The van der Waals surface area contributed by atoms with Crippen molar-refractivity contribution in [2.75, 3.05) is 5.32 Å². The first-order valence-corrected chi connectivity index (χ1v) is 9.01. The third-order valence-corrected chi connectivity index (χ3v) is 5.95. The van der Waals surface area contributed by atoms with E-state index in [2.05, 4.69) is 15.5 Å². The largest absolute Gasteiger partial charge is 0.313 e. The van der Waals surface area contributed by atoms with Crippen LogP contribution in [0.5, 0.6) is 0 Å². The first-order chi connectivity index (χ1) is 12.0. The van der Waals surface area contributed by atoms with Gasteiger partial charge < -0.3 is 5.32 Å². The Morgan fingerprint density at radius 2 is 2.08 bits per heavy atom. The third-order valence-electron chi connectivity index (χ3n) is 3.71. The van der Waals surface area contributed by atoms with Crippen LogP contribution < -0.4 is 5.32 Å². The number of hydrogen-bond donors (Lipinski definition) is 1. The second-order valence-corrected chi connectivity index (χ2v) is 7.65. The van der Waals surface area contributed by atoms with Crippen LogP contribution in [0, 0.1) is 6.92 Å². The zero-order valence-corrected chi connectivity index (χ0v) is 15.0. The van der Waals surface area contributed by atoms with E-state index in [0.29, 0.717) is 15.4 Å². The van der Waals surface area contributed by atoms with E-state index < -0.39 is 0 Å². The summed E-state index contributed by atoms with van der Waals surface area (Å²) < 4.78 is 3.43. The maximum atomic E-state index is 12.6. The quantitative estimate of drug-likeness (QED) is 0.559. The van der Waals surface area contributed by atoms with Crippen molar-refractivity contribution in [2.45, 2.75) is 6.92 Å². The normalized spacial score (nSPS) is 11.1. The minimum atomic E-state index is -0.239. The summed E-state index contributed by atoms with van der Waals surface area (Å²) in [6.07, 6.45) is 7.92. The molecule has 4 rings (SSSR count). The number of rotatable bonds is 4. The van der Waals surface area contributed by atoms with Crippen molar-refractivity contribution >= 4 is 44.7 Å². The molecule has 0 atom stereocenters. The van der Waals surface area contributed by atoms with Crippen molar-refractivity contribution in [3.8, 4) is 10.4 Å². The average molecular weight is 371 g/mol. The second kappa shape index (κ2) is 5.94. The van der Waals surface area contributed by atoms with E-state index in [4.69, 9.17) is 0 Å². The summed E-state index contributed by atoms with van der Waals surface area (Å²) in [5, 5.41) is 12.0. The Balaban J connectivity index is 1.66. The third kappa shape index (κ3) is 2.77. The number of nitrogens with zero attached hydrogens (tertiary/aromatic N) is 4. The minimum Gasteiger partial charge on any atom is -0.313 e. The molecule has 0 bridgehead atoms. The van der Waals surface area contributed by atoms with E-state index >= 15 is 0 Å². The van der Waals surface area contributed by atoms with Gasteiger partial charge in [-0.1, -0.05) is 0 Å². The van der Waals surface area contributed by atoms with Gasteiger partial charge in [0.2, 0.25) is 0 Å². The maximum Gasteiger partial charge on any atom is 0.260 e. The molecule has 0 aliphatic heterocycles. The van der Waals surface area contributed by atoms with Gasteiger partial charge in [-0.3, -0.25) is 14.3 Å². The number of carbonyl (C=O) groups excluding carboxylic acids is 2. The summed E-state index contributed by atoms with van der Waals surface area (Å²) in [5.41, 5.74) is 2.35. The van der Waals surface area contributed by atoms with E-state index in [9.17, 15) is 9.59 Å². The van der Waals surface area contributed by atoms with Crippen LogP contribution in [0.4, 0.5) is 5.00 Å². The van der Waals surface area contributed by atoms with Gasteiger partial charge in [0.15, 0.2) is 6.29 Å². The van der Waals surface area contributed by atoms with Crippen molar-refractivity contribution in [2.24, 2.45) is 7.05 Å². The van der Waals surface area contributed by atoms with Crippen LogP contribution in [-0.2, 0) is 7.05 Å². The van der Waals surface area contributed by atoms with Crippen LogP contribution in [0.25, 0.3) is 15.3 Å². The molecule has 1 N–H and O–H groups in total. The van der Waals surface area contributed by atoms with E-state index in [0.717, 1.165) is 27.1 Å². The molecule has 0 radical (unpaired) electrons. The zero-order valence-electron chi connectivity index (χ0n) is 13.4. The molecule has 0 aliphatic carbocycles. The highest BCUT2D eigenvalue weighted by molar-refractivity contribution is 7.21. The van der Waals surface area contributed by atoms with Gasteiger partial charge in [-0.25, -0.2) is 4.52 Å². The molecular weight excluding hydrogens is 358 g/mol. The fourth-order valence-electron chi connectivity index (χ4n) is 2.48. The molecule has 1 amide bonds. The molecule has 0 spiro atoms. The smallest absolute Gasteiger partial charge is 0.260 e. The molecule has 126 valence electrons. The minimum absolute atomic E-state index is 0.239. The number of fused-ring (bicyclic) bond motifs is 1. The number of amides is 1. The number of nitrogens with one attached hydrogen (secondary N) is 1. The van der Waals surface area contributed by atoms with Crippen molar-refractivity contribution in [1.29, 1.82) is 0 Å². The predicted octanol–water partition coefficient (Wildman–Crippen LogP) is 3.23. The van der Waals surface area contributed by atoms with Crippen molar-refractivity contribution in [3.05, 3.63) is 46.9 Å². The van der Waals surface area contributed by atoms with E-state index in [1.165, 1.54) is 22.7 Å². The number of carbonyl (C=O) groups is 2. The molecule has 4 aromatic heterocycles. The zero-order chi connectivity index (χ0) is 17.6. The fourth-order valence-corrected chi connectivity index (χ4v) is 4.40. The van der Waals surface area contributed by atoms with Crippen LogP contribution in [0.3, 0.4) is 0 Å². The van der Waals surface area contributed by atoms with Gasteiger partial charge in [-0.2, -0.15) is 10.2 Å². The predicted molar refractivity (Wildman–Crippen MR) is 97.7 cm³/mol. The van der Waals surface area contributed by atoms with Crippen molar-refractivity contribution < 1.29 is 9.59 Å². The number of aromatic nitrogens is 4. The topological polar surface area (TPSA) is 81.3 Å². The Morgan fingerprint density at radius 1 is 1.24 bits per heavy atom. The summed E-state index contributed by atoms with van der Waals surface area (Å²) in [6.45, 7) is 1.86. The number of thiophene rings is 1. The van der Waals surface area contributed by atoms with Gasteiger partial charge >= 0.3 is 0 Å². The van der Waals surface area contributed by atoms with Crippen LogP contribution >= 0.6 is 22.7 Å². The van der Waals surface area contributed by atoms with Crippen LogP contribution in [0.2, 0.25) is 0 Å². The Hall–Kier alpha value is -2.78. The molecule has 0 unspecified atom stereocenters. The van der Waals surface area contributed by atoms with Crippen molar-refractivity contribution in [3.63, 3.8) is 0 Å². The lowest BCUT2D eigenvalue weighted by Crippen LogP contribution is -2.10. The summed E-state index contributed by atoms with van der Waals surface area (Å²) >= 11 is 2.74. The summed E-state index contributed by atoms with van der Waals surface area (Å²) in [4.78, 5) is 25.9. The fraction of sp³-hybridized carbons (Fsp3) is 0.125. The first-order valence-electron chi connectivity index (χ1n) is 7.38. The lowest BCUT2D eigenvalue weighted by atomic mass is 10.3. The molecule has 9 heteroatoms. The number of aryl methyl sites for hydroxylation is 2. The van der Waals surface area contributed by atoms with Crippen molar-refractivity contribution in [1.82, 2.24) is 19.4 Å². The average Bonchev–Trinajstić information content (AvgIpc) is 3.31. The lowest BCUT2D eigenvalue weighted by Gasteiger charge is -2.01. The van der Waals surface area contributed by atoms with Crippen LogP contribution in [0.1, 0.15) is 25.6 Å². The number of hydrogen-bond acceptors (Lipinski definition) is 6. The molecule has 0 aromatic carbocycles. The van der Waals surface area contributed by atoms with Gasteiger partial charge in [0.25, 0.3) is 5.91 Å². The van der Waals surface area contributed by atoms with Gasteiger partial charge in [-0.05, 0) is 18.6 Å². The maximum absolute atomic E-state index is 12.6. The number of aldehydes is 1. The van der Waals surface area contributed by atoms with E-state index in [-0.39, 0.29) is 5.91 Å². The highest BCUT2D eigenvalue weighted by atomic mass is 32.1. The molecule has 4 aromatic rings. The Kier molecular flexibility index (Phi) is 3.74. The van der Waals surface area contributed by atoms with Gasteiger partial charge in [0, 0.05) is 25.0 Å². The molecular formula is C16H13N5O2S2. The Labute approximate surface area is 150 Å². The monoisotopic (exact) mass is 371 g/mol. The molecule has 0 saturated heterocycles. The molecule has 7 nitrogen and oxygen atoms in total. The number of anilines is 1. The molecule has 0 saturated carbocycles. The number of thiazole rings is 1. The molecule has 0 fully saturated rings. The highest BCUT2D eigenvalue weighted by Gasteiger charge is 2.18. The van der Waals surface area contributed by atoms with Gasteiger partial charge in [0.05, 0.1) is 32.7 Å². The SMILES string of the molecule is Cc1cc(C=O)sc1NC(=O)c1cnn2cc(-c3cnn(C)c3)sc12. The highest BCUT2D eigenvalue weighted by Crippen LogP contribution is 2.31. The second-order valence-electron chi connectivity index (χ2n) is 5.54. The Morgan fingerprint density at radius 3 is 2.76 bits per heavy atom. The van der Waals surface area contributed by atoms with Gasteiger partial charge in [-0.15, -0.1) is 22.7 Å². The summed E-state index contributed by atoms with van der Waals surface area (Å²) in [6, 6.07) is 1.76. The molecule has 25 heavy (non-hydrogen) atoms. The first kappa shape index (κ1) is 15.7. The van der Waals surface area contributed by atoms with E-state index in [1.54, 1.807) is 27.7 Å². The van der Waals surface area contributed by atoms with Gasteiger partial charge in [0.1, 0.15) is 4.83 Å². The lowest BCUT2D eigenvalue weighted by molar-refractivity contribution is 0.102. The standard InChI is InChI=1S/C16H13N5O2S2/c1-9-3-11(8-22)24-15(9)19-14(23)12-5-18-21-7-13(25-16(12)21)10-4-17-20(2)6-10/h3-8H,1-2H3,(H,19,23). The summed E-state index contributed by atoms with van der Waals surface area (Å²) in [5.74, 6) is -0.239. The van der Waals surface area contributed by atoms with Crippen LogP contribution in [0.15, 0.2) is 30.9 Å². The van der Waals surface area contributed by atoms with Crippen LogP contribution in [-0.4, -0.2) is 31.6 Å². The van der Waals surface area contributed by atoms with E-state index in [1.807, 2.05) is 26.4 Å². The molecule has 0 aliphatic rings. The molecule has 4 heterocycles. The summed E-state index contributed by atoms with van der Waals surface area (Å²) in [7, 11) is 1.86.